The quantitative estimate of drug-likeness (QED) is 0.483. The Labute approximate surface area is 114 Å². The molecular weight excluding hydrogens is 274 g/mol. The molecule has 0 unspecified atom stereocenters. The van der Waals surface area contributed by atoms with Crippen molar-refractivity contribution in [2.24, 2.45) is 5.10 Å². The smallest absolute Gasteiger partial charge is 0.435 e. The first-order chi connectivity index (χ1) is 9.01. The molecule has 0 fully saturated rings. The Balaban J connectivity index is 3.25. The highest BCUT2D eigenvalue weighted by atomic mass is 35.5. The van der Waals surface area contributed by atoms with Crippen LogP contribution in [-0.2, 0) is 4.74 Å². The van der Waals surface area contributed by atoms with Crippen LogP contribution in [-0.4, -0.2) is 23.8 Å². The van der Waals surface area contributed by atoms with Gasteiger partial charge in [0.05, 0.1) is 22.2 Å². The van der Waals surface area contributed by atoms with Crippen molar-refractivity contribution < 1.29 is 14.5 Å². The van der Waals surface area contributed by atoms with E-state index in [-0.39, 0.29) is 23.0 Å². The van der Waals surface area contributed by atoms with Crippen LogP contribution in [0.2, 0.25) is 5.02 Å². The molecule has 0 bridgehead atoms. The van der Waals surface area contributed by atoms with Gasteiger partial charge in [-0.3, -0.25) is 10.1 Å². The van der Waals surface area contributed by atoms with Crippen LogP contribution in [0.25, 0.3) is 0 Å². The number of nitro groups is 1. The molecule has 1 amide bonds. The van der Waals surface area contributed by atoms with E-state index in [4.69, 9.17) is 16.3 Å². The molecule has 1 rings (SSSR count). The summed E-state index contributed by atoms with van der Waals surface area (Å²) < 4.78 is 4.81. The zero-order valence-corrected chi connectivity index (χ0v) is 11.1. The molecule has 0 atom stereocenters. The first kappa shape index (κ1) is 14.9. The van der Waals surface area contributed by atoms with Crippen molar-refractivity contribution in [3.63, 3.8) is 0 Å². The van der Waals surface area contributed by atoms with Gasteiger partial charge >= 0.3 is 6.09 Å². The van der Waals surface area contributed by atoms with Gasteiger partial charge in [0.2, 0.25) is 0 Å². The number of halogens is 1. The molecule has 7 nitrogen and oxygen atoms in total. The second-order valence-electron chi connectivity index (χ2n) is 3.28. The number of amides is 1. The molecule has 0 aliphatic heterocycles. The molecule has 0 saturated carbocycles. The summed E-state index contributed by atoms with van der Waals surface area (Å²) in [5.74, 6) is 0. The van der Waals surface area contributed by atoms with Crippen molar-refractivity contribution in [2.75, 3.05) is 11.6 Å². The number of hydrogen-bond donors (Lipinski definition) is 0. The average Bonchev–Trinajstić information content (AvgIpc) is 2.37. The van der Waals surface area contributed by atoms with E-state index in [1.165, 1.54) is 18.3 Å². The third-order valence-corrected chi connectivity index (χ3v) is 2.36. The van der Waals surface area contributed by atoms with Crippen LogP contribution in [0.4, 0.5) is 16.2 Å². The molecule has 1 aromatic carbocycles. The lowest BCUT2D eigenvalue weighted by Crippen LogP contribution is -2.26. The molecule has 1 aromatic rings. The van der Waals surface area contributed by atoms with Gasteiger partial charge in [-0.25, -0.2) is 4.79 Å². The van der Waals surface area contributed by atoms with Crippen LogP contribution in [0.3, 0.4) is 0 Å². The van der Waals surface area contributed by atoms with E-state index >= 15 is 0 Å². The summed E-state index contributed by atoms with van der Waals surface area (Å²) in [6, 6.07) is 3.73. The third kappa shape index (κ3) is 3.65. The standard InChI is InChI=1S/C11H12ClN3O4/c1-3-13-14(11(16)19-4-2)10-7-8(15(17)18)5-6-9(10)12/h3,5-7H,4H2,1-2H3. The van der Waals surface area contributed by atoms with Crippen LogP contribution < -0.4 is 5.01 Å². The fraction of sp³-hybridized carbons (Fsp3) is 0.273. The first-order valence-corrected chi connectivity index (χ1v) is 5.78. The summed E-state index contributed by atoms with van der Waals surface area (Å²) in [5, 5.41) is 15.6. The van der Waals surface area contributed by atoms with Crippen molar-refractivity contribution >= 4 is 35.3 Å². The molecule has 102 valence electrons. The predicted molar refractivity (Wildman–Crippen MR) is 71.8 cm³/mol. The lowest BCUT2D eigenvalue weighted by molar-refractivity contribution is -0.384. The Morgan fingerprint density at radius 2 is 2.32 bits per heavy atom. The minimum absolute atomic E-state index is 0.0902. The molecule has 0 aromatic heterocycles. The highest BCUT2D eigenvalue weighted by molar-refractivity contribution is 6.33. The zero-order valence-electron chi connectivity index (χ0n) is 10.4. The summed E-state index contributed by atoms with van der Waals surface area (Å²) >= 11 is 5.93. The lowest BCUT2D eigenvalue weighted by atomic mass is 10.3. The summed E-state index contributed by atoms with van der Waals surface area (Å²) in [4.78, 5) is 21.9. The minimum atomic E-state index is -0.761. The topological polar surface area (TPSA) is 85.0 Å². The molecule has 0 spiro atoms. The Morgan fingerprint density at radius 3 is 2.84 bits per heavy atom. The highest BCUT2D eigenvalue weighted by Gasteiger charge is 2.21. The Hall–Kier alpha value is -2.15. The normalized spacial score (nSPS) is 10.5. The SMILES string of the molecule is CC=NN(C(=O)OCC)c1cc([N+](=O)[O-])ccc1Cl. The summed E-state index contributed by atoms with van der Waals surface area (Å²) in [6.45, 7) is 3.39. The second kappa shape index (κ2) is 6.69. The molecule has 0 N–H and O–H groups in total. The van der Waals surface area contributed by atoms with Gasteiger partial charge in [0.15, 0.2) is 0 Å². The van der Waals surface area contributed by atoms with Crippen LogP contribution in [0.1, 0.15) is 13.8 Å². The lowest BCUT2D eigenvalue weighted by Gasteiger charge is -2.17. The maximum Gasteiger partial charge on any atom is 0.435 e. The van der Waals surface area contributed by atoms with E-state index in [0.717, 1.165) is 11.1 Å². The molecule has 19 heavy (non-hydrogen) atoms. The van der Waals surface area contributed by atoms with Crippen molar-refractivity contribution in [1.82, 2.24) is 0 Å². The van der Waals surface area contributed by atoms with Crippen LogP contribution in [0.15, 0.2) is 23.3 Å². The van der Waals surface area contributed by atoms with Crippen LogP contribution in [0, 0.1) is 10.1 Å². The molecule has 0 radical (unpaired) electrons. The minimum Gasteiger partial charge on any atom is -0.448 e. The number of non-ortho nitro benzene ring substituents is 1. The van der Waals surface area contributed by atoms with E-state index in [2.05, 4.69) is 5.10 Å². The molecule has 0 heterocycles. The third-order valence-electron chi connectivity index (χ3n) is 2.04. The molecule has 8 heteroatoms. The van der Waals surface area contributed by atoms with E-state index < -0.39 is 11.0 Å². The summed E-state index contributed by atoms with van der Waals surface area (Å²) in [5.41, 5.74) is -0.104. The number of hydrazone groups is 1. The maximum atomic E-state index is 11.7. The number of nitro benzene ring substituents is 1. The van der Waals surface area contributed by atoms with Crippen LogP contribution >= 0.6 is 11.6 Å². The maximum absolute atomic E-state index is 11.7. The van der Waals surface area contributed by atoms with Gasteiger partial charge in [0, 0.05) is 18.3 Å². The monoisotopic (exact) mass is 285 g/mol. The zero-order chi connectivity index (χ0) is 14.4. The van der Waals surface area contributed by atoms with E-state index in [9.17, 15) is 14.9 Å². The van der Waals surface area contributed by atoms with Gasteiger partial charge < -0.3 is 4.74 Å². The summed E-state index contributed by atoms with van der Waals surface area (Å²) in [6.07, 6.45) is 0.592. The average molecular weight is 286 g/mol. The number of carbonyl (C=O) groups is 1. The Kier molecular flexibility index (Phi) is 5.25. The van der Waals surface area contributed by atoms with Crippen molar-refractivity contribution in [1.29, 1.82) is 0 Å². The van der Waals surface area contributed by atoms with Gasteiger partial charge in [-0.15, -0.1) is 0 Å². The number of ether oxygens (including phenoxy) is 1. The number of nitrogens with zero attached hydrogens (tertiary/aromatic N) is 3. The first-order valence-electron chi connectivity index (χ1n) is 5.40. The van der Waals surface area contributed by atoms with Crippen molar-refractivity contribution in [3.05, 3.63) is 33.3 Å². The molecule has 0 aliphatic rings. The number of hydrogen-bond acceptors (Lipinski definition) is 5. The van der Waals surface area contributed by atoms with Crippen molar-refractivity contribution in [2.45, 2.75) is 13.8 Å². The van der Waals surface area contributed by atoms with Gasteiger partial charge in [-0.1, -0.05) is 11.6 Å². The number of rotatable bonds is 4. The highest BCUT2D eigenvalue weighted by Crippen LogP contribution is 2.30. The van der Waals surface area contributed by atoms with E-state index in [0.29, 0.717) is 0 Å². The molecule has 0 saturated heterocycles. The predicted octanol–water partition coefficient (Wildman–Crippen LogP) is 3.22. The Morgan fingerprint density at radius 1 is 1.63 bits per heavy atom. The fourth-order valence-electron chi connectivity index (χ4n) is 1.28. The second-order valence-corrected chi connectivity index (χ2v) is 3.68. The van der Waals surface area contributed by atoms with E-state index in [1.54, 1.807) is 13.8 Å². The number of benzene rings is 1. The van der Waals surface area contributed by atoms with E-state index in [1.807, 2.05) is 0 Å². The molecular formula is C11H12ClN3O4. The van der Waals surface area contributed by atoms with Crippen LogP contribution in [0.5, 0.6) is 0 Å². The fourth-order valence-corrected chi connectivity index (χ4v) is 1.48. The largest absolute Gasteiger partial charge is 0.448 e. The number of anilines is 1. The van der Waals surface area contributed by atoms with Gasteiger partial charge in [0.1, 0.15) is 0 Å². The number of carbonyl (C=O) groups excluding carboxylic acids is 1. The van der Waals surface area contributed by atoms with Gasteiger partial charge in [-0.05, 0) is 19.9 Å². The summed E-state index contributed by atoms with van der Waals surface area (Å²) in [7, 11) is 0. The molecule has 0 aliphatic carbocycles. The van der Waals surface area contributed by atoms with Gasteiger partial charge in [0.25, 0.3) is 5.69 Å². The Bertz CT molecular complexity index is 519. The van der Waals surface area contributed by atoms with Crippen molar-refractivity contribution in [3.8, 4) is 0 Å². The van der Waals surface area contributed by atoms with Gasteiger partial charge in [-0.2, -0.15) is 10.1 Å².